The van der Waals surface area contributed by atoms with Crippen LogP contribution < -0.4 is 11.1 Å². The lowest BCUT2D eigenvalue weighted by Crippen LogP contribution is -2.33. The number of halogens is 1. The molecule has 1 aromatic carbocycles. The van der Waals surface area contributed by atoms with Crippen LogP contribution in [0.1, 0.15) is 6.92 Å². The quantitative estimate of drug-likeness (QED) is 0.906. The van der Waals surface area contributed by atoms with Crippen molar-refractivity contribution in [1.82, 2.24) is 14.7 Å². The maximum Gasteiger partial charge on any atom is 0.321 e. The van der Waals surface area contributed by atoms with E-state index < -0.39 is 0 Å². The Labute approximate surface area is 140 Å². The highest BCUT2D eigenvalue weighted by Crippen LogP contribution is 2.23. The molecule has 2 heterocycles. The van der Waals surface area contributed by atoms with Crippen LogP contribution in [0.25, 0.3) is 5.69 Å². The molecular formula is C16H20ClN5O. The normalized spacial score (nSPS) is 20.7. The van der Waals surface area contributed by atoms with Crippen LogP contribution in [0.5, 0.6) is 0 Å². The molecule has 1 aromatic heterocycles. The number of rotatable bonds is 3. The first-order valence-corrected chi connectivity index (χ1v) is 8.01. The SMILES string of the molecule is C[C@@H]1CN(C(=O)Nc2cnn(-c3ccc(Cl)cc3)c2)C[C@H]1CN. The van der Waals surface area contributed by atoms with E-state index in [1.54, 1.807) is 29.2 Å². The van der Waals surface area contributed by atoms with E-state index in [0.717, 1.165) is 12.2 Å². The van der Waals surface area contributed by atoms with Gasteiger partial charge in [0, 0.05) is 18.1 Å². The number of hydrogen-bond donors (Lipinski definition) is 2. The second-order valence-corrected chi connectivity index (χ2v) is 6.39. The fourth-order valence-corrected chi connectivity index (χ4v) is 2.96. The average Bonchev–Trinajstić information content (AvgIpc) is 3.14. The van der Waals surface area contributed by atoms with Crippen LogP contribution in [-0.2, 0) is 0 Å². The van der Waals surface area contributed by atoms with Crippen molar-refractivity contribution < 1.29 is 4.79 Å². The number of anilines is 1. The van der Waals surface area contributed by atoms with Gasteiger partial charge in [-0.25, -0.2) is 9.48 Å². The lowest BCUT2D eigenvalue weighted by Gasteiger charge is -2.16. The minimum Gasteiger partial charge on any atom is -0.330 e. The van der Waals surface area contributed by atoms with Crippen molar-refractivity contribution in [2.75, 3.05) is 25.0 Å². The molecule has 6 nitrogen and oxygen atoms in total. The van der Waals surface area contributed by atoms with Crippen molar-refractivity contribution in [2.45, 2.75) is 6.92 Å². The van der Waals surface area contributed by atoms with Gasteiger partial charge in [0.1, 0.15) is 0 Å². The van der Waals surface area contributed by atoms with Gasteiger partial charge in [-0.1, -0.05) is 18.5 Å². The van der Waals surface area contributed by atoms with E-state index in [1.165, 1.54) is 0 Å². The van der Waals surface area contributed by atoms with Crippen LogP contribution in [0.4, 0.5) is 10.5 Å². The van der Waals surface area contributed by atoms with E-state index in [1.807, 2.05) is 17.0 Å². The highest BCUT2D eigenvalue weighted by Gasteiger charge is 2.31. The number of urea groups is 1. The molecule has 2 amide bonds. The summed E-state index contributed by atoms with van der Waals surface area (Å²) < 4.78 is 1.70. The number of carbonyl (C=O) groups is 1. The molecule has 1 fully saturated rings. The standard InChI is InChI=1S/C16H20ClN5O/c1-11-8-21(9-12(11)6-18)16(23)20-14-7-19-22(10-14)15-4-2-13(17)3-5-15/h2-5,7,10-12H,6,8-9,18H2,1H3,(H,20,23)/t11-,12-/m1/s1. The number of aromatic nitrogens is 2. The van der Waals surface area contributed by atoms with E-state index in [2.05, 4.69) is 17.3 Å². The molecular weight excluding hydrogens is 314 g/mol. The largest absolute Gasteiger partial charge is 0.330 e. The van der Waals surface area contributed by atoms with Gasteiger partial charge in [-0.3, -0.25) is 0 Å². The van der Waals surface area contributed by atoms with Crippen LogP contribution >= 0.6 is 11.6 Å². The third-order valence-corrected chi connectivity index (χ3v) is 4.53. The van der Waals surface area contributed by atoms with Crippen LogP contribution in [-0.4, -0.2) is 40.3 Å². The topological polar surface area (TPSA) is 76.2 Å². The maximum atomic E-state index is 12.3. The molecule has 0 radical (unpaired) electrons. The Morgan fingerprint density at radius 2 is 2.13 bits per heavy atom. The van der Waals surface area contributed by atoms with Gasteiger partial charge in [0.15, 0.2) is 0 Å². The van der Waals surface area contributed by atoms with E-state index in [9.17, 15) is 4.79 Å². The minimum atomic E-state index is -0.108. The molecule has 3 N–H and O–H groups in total. The average molecular weight is 334 g/mol. The van der Waals surface area contributed by atoms with E-state index in [-0.39, 0.29) is 6.03 Å². The third kappa shape index (κ3) is 3.48. The van der Waals surface area contributed by atoms with Gasteiger partial charge in [-0.15, -0.1) is 0 Å². The highest BCUT2D eigenvalue weighted by atomic mass is 35.5. The van der Waals surface area contributed by atoms with Gasteiger partial charge in [0.25, 0.3) is 0 Å². The Hall–Kier alpha value is -2.05. The first-order chi connectivity index (χ1) is 11.1. The molecule has 1 aliphatic rings. The number of benzene rings is 1. The zero-order valence-electron chi connectivity index (χ0n) is 12.9. The Morgan fingerprint density at radius 1 is 1.39 bits per heavy atom. The maximum absolute atomic E-state index is 12.3. The molecule has 23 heavy (non-hydrogen) atoms. The molecule has 7 heteroatoms. The van der Waals surface area contributed by atoms with Gasteiger partial charge < -0.3 is 16.0 Å². The second-order valence-electron chi connectivity index (χ2n) is 5.96. The van der Waals surface area contributed by atoms with Crippen molar-refractivity contribution in [3.63, 3.8) is 0 Å². The van der Waals surface area contributed by atoms with Gasteiger partial charge >= 0.3 is 6.03 Å². The molecule has 2 aromatic rings. The van der Waals surface area contributed by atoms with Crippen molar-refractivity contribution in [3.05, 3.63) is 41.7 Å². The molecule has 0 unspecified atom stereocenters. The molecule has 0 bridgehead atoms. The molecule has 0 spiro atoms. The molecule has 122 valence electrons. The van der Waals surface area contributed by atoms with Crippen LogP contribution in [0.15, 0.2) is 36.7 Å². The van der Waals surface area contributed by atoms with Gasteiger partial charge in [0.2, 0.25) is 0 Å². The van der Waals surface area contributed by atoms with Crippen LogP contribution in [0, 0.1) is 11.8 Å². The molecule has 2 atom stereocenters. The second kappa shape index (κ2) is 6.60. The van der Waals surface area contributed by atoms with Gasteiger partial charge in [0.05, 0.1) is 23.8 Å². The summed E-state index contributed by atoms with van der Waals surface area (Å²) >= 11 is 5.88. The summed E-state index contributed by atoms with van der Waals surface area (Å²) in [6, 6.07) is 7.23. The Balaban J connectivity index is 1.65. The number of nitrogens with zero attached hydrogens (tertiary/aromatic N) is 3. The summed E-state index contributed by atoms with van der Waals surface area (Å²) in [5.41, 5.74) is 7.28. The monoisotopic (exact) mass is 333 g/mol. The summed E-state index contributed by atoms with van der Waals surface area (Å²) in [6.45, 7) is 4.18. The molecule has 1 saturated heterocycles. The summed E-state index contributed by atoms with van der Waals surface area (Å²) in [7, 11) is 0. The predicted octanol–water partition coefficient (Wildman–Crippen LogP) is 2.58. The number of nitrogens with two attached hydrogens (primary N) is 1. The van der Waals surface area contributed by atoms with Crippen molar-refractivity contribution >= 4 is 23.3 Å². The number of hydrogen-bond acceptors (Lipinski definition) is 3. The van der Waals surface area contributed by atoms with Gasteiger partial charge in [-0.05, 0) is 42.6 Å². The van der Waals surface area contributed by atoms with E-state index >= 15 is 0 Å². The smallest absolute Gasteiger partial charge is 0.321 e. The number of carbonyl (C=O) groups excluding carboxylic acids is 1. The van der Waals surface area contributed by atoms with Crippen LogP contribution in [0.2, 0.25) is 5.02 Å². The molecule has 1 aliphatic heterocycles. The number of nitrogens with one attached hydrogen (secondary N) is 1. The summed E-state index contributed by atoms with van der Waals surface area (Å²) in [5, 5.41) is 7.82. The minimum absolute atomic E-state index is 0.108. The van der Waals surface area contributed by atoms with Gasteiger partial charge in [-0.2, -0.15) is 5.10 Å². The summed E-state index contributed by atoms with van der Waals surface area (Å²) in [6.07, 6.45) is 3.41. The molecule has 0 saturated carbocycles. The molecule has 0 aliphatic carbocycles. The zero-order chi connectivity index (χ0) is 16.4. The predicted molar refractivity (Wildman–Crippen MR) is 90.9 cm³/mol. The highest BCUT2D eigenvalue weighted by molar-refractivity contribution is 6.30. The summed E-state index contributed by atoms with van der Waals surface area (Å²) in [5.74, 6) is 0.806. The van der Waals surface area contributed by atoms with Crippen molar-refractivity contribution in [1.29, 1.82) is 0 Å². The summed E-state index contributed by atoms with van der Waals surface area (Å²) in [4.78, 5) is 14.1. The third-order valence-electron chi connectivity index (χ3n) is 4.28. The first-order valence-electron chi connectivity index (χ1n) is 7.63. The fraction of sp³-hybridized carbons (Fsp3) is 0.375. The number of likely N-dealkylation sites (tertiary alicyclic amines) is 1. The molecule has 3 rings (SSSR count). The lowest BCUT2D eigenvalue weighted by atomic mass is 9.99. The fourth-order valence-electron chi connectivity index (χ4n) is 2.83. The Kier molecular flexibility index (Phi) is 4.54. The lowest BCUT2D eigenvalue weighted by molar-refractivity contribution is 0.220. The first kappa shape index (κ1) is 15.8. The Bertz CT molecular complexity index is 684. The van der Waals surface area contributed by atoms with Crippen molar-refractivity contribution in [2.24, 2.45) is 17.6 Å². The zero-order valence-corrected chi connectivity index (χ0v) is 13.7. The van der Waals surface area contributed by atoms with Crippen LogP contribution in [0.3, 0.4) is 0 Å². The van der Waals surface area contributed by atoms with Crippen molar-refractivity contribution in [3.8, 4) is 5.69 Å². The van der Waals surface area contributed by atoms with E-state index in [0.29, 0.717) is 35.6 Å². The Morgan fingerprint density at radius 3 is 2.78 bits per heavy atom. The van der Waals surface area contributed by atoms with E-state index in [4.69, 9.17) is 17.3 Å². The number of amides is 2.